The zero-order valence-electron chi connectivity index (χ0n) is 16.8. The number of amides is 1. The van der Waals surface area contributed by atoms with Crippen LogP contribution in [-0.2, 0) is 10.9 Å². The summed E-state index contributed by atoms with van der Waals surface area (Å²) in [4.78, 5) is 24.4. The molecule has 0 N–H and O–H groups in total. The summed E-state index contributed by atoms with van der Waals surface area (Å²) in [6.45, 7) is 3.06. The fraction of sp³-hybridized carbons (Fsp3) is 0.476. The second kappa shape index (κ2) is 9.09. The Kier molecular flexibility index (Phi) is 6.26. The molecule has 0 aromatic carbocycles. The Morgan fingerprint density at radius 3 is 2.48 bits per heavy atom. The first-order valence-electron chi connectivity index (χ1n) is 10.2. The number of hydrogen-bond acceptors (Lipinski definition) is 6. The molecular formula is C21H23F3N4O3. The van der Waals surface area contributed by atoms with Crippen molar-refractivity contribution in [3.8, 4) is 5.88 Å². The minimum Gasteiger partial charge on any atom is -0.475 e. The second-order valence-corrected chi connectivity index (χ2v) is 7.51. The van der Waals surface area contributed by atoms with Crippen molar-refractivity contribution in [2.75, 3.05) is 44.3 Å². The van der Waals surface area contributed by atoms with E-state index in [0.29, 0.717) is 50.0 Å². The molecule has 2 aromatic rings. The number of nitrogens with zero attached hydrogens (tertiary/aromatic N) is 4. The first-order valence-corrected chi connectivity index (χ1v) is 10.2. The normalized spacial score (nSPS) is 19.5. The summed E-state index contributed by atoms with van der Waals surface area (Å²) in [5, 5.41) is 0. The van der Waals surface area contributed by atoms with Gasteiger partial charge in [-0.15, -0.1) is 0 Å². The van der Waals surface area contributed by atoms with Gasteiger partial charge in [-0.3, -0.25) is 4.79 Å². The summed E-state index contributed by atoms with van der Waals surface area (Å²) < 4.78 is 49.2. The van der Waals surface area contributed by atoms with Gasteiger partial charge in [-0.1, -0.05) is 0 Å². The maximum absolute atomic E-state index is 12.7. The largest absolute Gasteiger partial charge is 0.475 e. The van der Waals surface area contributed by atoms with Crippen LogP contribution in [0.5, 0.6) is 5.88 Å². The molecule has 2 saturated heterocycles. The number of carbonyl (C=O) groups excluding carboxylic acids is 1. The van der Waals surface area contributed by atoms with Gasteiger partial charge in [-0.25, -0.2) is 9.97 Å². The van der Waals surface area contributed by atoms with E-state index in [-0.39, 0.29) is 12.0 Å². The summed E-state index contributed by atoms with van der Waals surface area (Å²) in [5.74, 6) is 0.776. The maximum atomic E-state index is 12.7. The SMILES string of the molecule is O=C(c1ccc(OCC2CCCO2)nc1)N1CCN(c2ccc(C(F)(F)F)cn2)CC1. The van der Waals surface area contributed by atoms with E-state index in [2.05, 4.69) is 9.97 Å². The predicted octanol–water partition coefficient (Wildman–Crippen LogP) is 3.02. The fourth-order valence-corrected chi connectivity index (χ4v) is 3.61. The molecule has 2 aromatic heterocycles. The molecule has 1 atom stereocenters. The molecule has 0 aliphatic carbocycles. The van der Waals surface area contributed by atoms with E-state index in [1.54, 1.807) is 17.0 Å². The van der Waals surface area contributed by atoms with Crippen LogP contribution in [0.2, 0.25) is 0 Å². The summed E-state index contributed by atoms with van der Waals surface area (Å²) in [6.07, 6.45) is 0.0355. The van der Waals surface area contributed by atoms with Crippen LogP contribution in [0.15, 0.2) is 36.7 Å². The minimum atomic E-state index is -4.41. The van der Waals surface area contributed by atoms with E-state index in [0.717, 1.165) is 31.7 Å². The molecular weight excluding hydrogens is 413 g/mol. The Balaban J connectivity index is 1.28. The standard InChI is InChI=1S/C21H23F3N4O3/c22-21(23,24)16-4-5-18(25-13-16)27-7-9-28(10-8-27)20(29)15-3-6-19(26-12-15)31-14-17-2-1-11-30-17/h3-6,12-13,17H,1-2,7-11,14H2. The third-order valence-electron chi connectivity index (χ3n) is 5.39. The molecule has 0 spiro atoms. The van der Waals surface area contributed by atoms with Gasteiger partial charge in [-0.2, -0.15) is 13.2 Å². The lowest BCUT2D eigenvalue weighted by molar-refractivity contribution is -0.137. The van der Waals surface area contributed by atoms with Crippen LogP contribution in [-0.4, -0.2) is 66.3 Å². The zero-order chi connectivity index (χ0) is 21.8. The van der Waals surface area contributed by atoms with Crippen LogP contribution in [0.1, 0.15) is 28.8 Å². The van der Waals surface area contributed by atoms with Gasteiger partial charge >= 0.3 is 6.18 Å². The van der Waals surface area contributed by atoms with Gasteiger partial charge in [0, 0.05) is 51.2 Å². The molecule has 4 rings (SSSR count). The number of aromatic nitrogens is 2. The van der Waals surface area contributed by atoms with Gasteiger partial charge in [0.25, 0.3) is 5.91 Å². The fourth-order valence-electron chi connectivity index (χ4n) is 3.61. The van der Waals surface area contributed by atoms with Gasteiger partial charge in [0.15, 0.2) is 0 Å². The lowest BCUT2D eigenvalue weighted by Gasteiger charge is -2.35. The van der Waals surface area contributed by atoms with Crippen molar-refractivity contribution < 1.29 is 27.4 Å². The average molecular weight is 436 g/mol. The number of hydrogen-bond donors (Lipinski definition) is 0. The van der Waals surface area contributed by atoms with Crippen molar-refractivity contribution in [3.63, 3.8) is 0 Å². The number of piperazine rings is 1. The Hall–Kier alpha value is -2.88. The molecule has 1 amide bonds. The highest BCUT2D eigenvalue weighted by Gasteiger charge is 2.31. The molecule has 2 aliphatic rings. The van der Waals surface area contributed by atoms with E-state index in [9.17, 15) is 18.0 Å². The number of halogens is 3. The maximum Gasteiger partial charge on any atom is 0.417 e. The number of ether oxygens (including phenoxy) is 2. The second-order valence-electron chi connectivity index (χ2n) is 7.51. The third kappa shape index (κ3) is 5.25. The van der Waals surface area contributed by atoms with Gasteiger partial charge < -0.3 is 19.3 Å². The van der Waals surface area contributed by atoms with Gasteiger partial charge in [-0.05, 0) is 31.0 Å². The zero-order valence-corrected chi connectivity index (χ0v) is 16.8. The molecule has 0 bridgehead atoms. The van der Waals surface area contributed by atoms with Crippen LogP contribution in [0.3, 0.4) is 0 Å². The van der Waals surface area contributed by atoms with E-state index in [4.69, 9.17) is 9.47 Å². The van der Waals surface area contributed by atoms with Crippen LogP contribution in [0.4, 0.5) is 19.0 Å². The van der Waals surface area contributed by atoms with E-state index < -0.39 is 11.7 Å². The Morgan fingerprint density at radius 1 is 1.10 bits per heavy atom. The monoisotopic (exact) mass is 436 g/mol. The van der Waals surface area contributed by atoms with Crippen molar-refractivity contribution in [2.24, 2.45) is 0 Å². The Labute approximate surface area is 177 Å². The average Bonchev–Trinajstić information content (AvgIpc) is 3.31. The topological polar surface area (TPSA) is 67.8 Å². The predicted molar refractivity (Wildman–Crippen MR) is 106 cm³/mol. The van der Waals surface area contributed by atoms with E-state index in [1.165, 1.54) is 12.3 Å². The van der Waals surface area contributed by atoms with Gasteiger partial charge in [0.05, 0.1) is 17.2 Å². The number of rotatable bonds is 5. The number of alkyl halides is 3. The van der Waals surface area contributed by atoms with Crippen molar-refractivity contribution >= 4 is 11.7 Å². The van der Waals surface area contributed by atoms with Gasteiger partial charge in [0.1, 0.15) is 12.4 Å². The number of anilines is 1. The quantitative estimate of drug-likeness (QED) is 0.718. The molecule has 1 unspecified atom stereocenters. The minimum absolute atomic E-state index is 0.0959. The highest BCUT2D eigenvalue weighted by atomic mass is 19.4. The Bertz CT molecular complexity index is 876. The van der Waals surface area contributed by atoms with Crippen LogP contribution < -0.4 is 9.64 Å². The van der Waals surface area contributed by atoms with Crippen molar-refractivity contribution in [1.82, 2.24) is 14.9 Å². The molecule has 2 fully saturated rings. The molecule has 31 heavy (non-hydrogen) atoms. The highest BCUT2D eigenvalue weighted by Crippen LogP contribution is 2.29. The molecule has 166 valence electrons. The smallest absolute Gasteiger partial charge is 0.417 e. The Morgan fingerprint density at radius 2 is 1.90 bits per heavy atom. The molecule has 0 saturated carbocycles. The third-order valence-corrected chi connectivity index (χ3v) is 5.39. The van der Waals surface area contributed by atoms with Gasteiger partial charge in [0.2, 0.25) is 5.88 Å². The summed E-state index contributed by atoms with van der Waals surface area (Å²) in [5.41, 5.74) is -0.314. The summed E-state index contributed by atoms with van der Waals surface area (Å²) >= 11 is 0. The van der Waals surface area contributed by atoms with Crippen molar-refractivity contribution in [3.05, 3.63) is 47.8 Å². The van der Waals surface area contributed by atoms with E-state index >= 15 is 0 Å². The van der Waals surface area contributed by atoms with Crippen LogP contribution in [0.25, 0.3) is 0 Å². The summed E-state index contributed by atoms with van der Waals surface area (Å²) in [7, 11) is 0. The molecule has 2 aliphatic heterocycles. The molecule has 7 nitrogen and oxygen atoms in total. The lowest BCUT2D eigenvalue weighted by atomic mass is 10.2. The van der Waals surface area contributed by atoms with E-state index in [1.807, 2.05) is 4.90 Å². The number of carbonyl (C=O) groups is 1. The van der Waals surface area contributed by atoms with Crippen LogP contribution in [0, 0.1) is 0 Å². The highest BCUT2D eigenvalue weighted by molar-refractivity contribution is 5.94. The first-order chi connectivity index (χ1) is 14.9. The van der Waals surface area contributed by atoms with Crippen LogP contribution >= 0.6 is 0 Å². The lowest BCUT2D eigenvalue weighted by Crippen LogP contribution is -2.49. The molecule has 4 heterocycles. The molecule has 0 radical (unpaired) electrons. The molecule has 10 heteroatoms. The number of pyridine rings is 2. The van der Waals surface area contributed by atoms with Crippen molar-refractivity contribution in [2.45, 2.75) is 25.1 Å². The summed E-state index contributed by atoms with van der Waals surface area (Å²) in [6, 6.07) is 5.74. The first kappa shape index (κ1) is 21.4. The van der Waals surface area contributed by atoms with Crippen molar-refractivity contribution in [1.29, 1.82) is 0 Å².